The second-order valence-electron chi connectivity index (χ2n) is 8.33. The Kier molecular flexibility index (Phi) is 7.34. The maximum Gasteiger partial charge on any atom is 0.123 e. The van der Waals surface area contributed by atoms with Gasteiger partial charge in [-0.3, -0.25) is 4.90 Å². The molecule has 0 aliphatic carbocycles. The van der Waals surface area contributed by atoms with Crippen LogP contribution in [0.2, 0.25) is 0 Å². The third-order valence-corrected chi connectivity index (χ3v) is 6.09. The molecular formula is C27H32FN3. The topological polar surface area (TPSA) is 27.3 Å². The number of benzene rings is 3. The van der Waals surface area contributed by atoms with Crippen LogP contribution in [0.3, 0.4) is 0 Å². The summed E-state index contributed by atoms with van der Waals surface area (Å²) < 4.78 is 13.3. The monoisotopic (exact) mass is 417 g/mol. The van der Waals surface area contributed by atoms with Crippen LogP contribution in [0.4, 0.5) is 10.1 Å². The highest BCUT2D eigenvalue weighted by Crippen LogP contribution is 2.25. The summed E-state index contributed by atoms with van der Waals surface area (Å²) >= 11 is 0. The standard InChI is InChI=1S/C27H32FN3/c1-2-30-26-13-9-22(10-14-26)19-29-15-16-31-20-24-6-4-3-5-23(24)18-27(31)17-21-7-11-25(28)12-8-21/h3-14,27,29-30H,2,15-20H2,1H3. The second-order valence-corrected chi connectivity index (χ2v) is 8.33. The lowest BCUT2D eigenvalue weighted by Gasteiger charge is -2.37. The Labute approximate surface area is 185 Å². The fraction of sp³-hybridized carbons (Fsp3) is 0.333. The van der Waals surface area contributed by atoms with Crippen LogP contribution in [0.1, 0.15) is 29.2 Å². The van der Waals surface area contributed by atoms with Gasteiger partial charge in [-0.25, -0.2) is 4.39 Å². The van der Waals surface area contributed by atoms with Crippen LogP contribution in [-0.2, 0) is 25.9 Å². The van der Waals surface area contributed by atoms with Gasteiger partial charge in [0.25, 0.3) is 0 Å². The van der Waals surface area contributed by atoms with E-state index in [0.29, 0.717) is 6.04 Å². The van der Waals surface area contributed by atoms with Gasteiger partial charge < -0.3 is 10.6 Å². The van der Waals surface area contributed by atoms with Gasteiger partial charge in [-0.1, -0.05) is 48.5 Å². The number of hydrogen-bond donors (Lipinski definition) is 2. The molecule has 0 bridgehead atoms. The Balaban J connectivity index is 1.35. The van der Waals surface area contributed by atoms with Crippen molar-refractivity contribution in [3.05, 3.63) is 101 Å². The van der Waals surface area contributed by atoms with Crippen LogP contribution in [0, 0.1) is 5.82 Å². The Morgan fingerprint density at radius 2 is 1.61 bits per heavy atom. The van der Waals surface area contributed by atoms with Crippen LogP contribution in [0.15, 0.2) is 72.8 Å². The van der Waals surface area contributed by atoms with Gasteiger partial charge in [-0.05, 0) is 66.3 Å². The molecule has 1 heterocycles. The van der Waals surface area contributed by atoms with E-state index in [1.807, 2.05) is 12.1 Å². The lowest BCUT2D eigenvalue weighted by atomic mass is 9.90. The zero-order valence-electron chi connectivity index (χ0n) is 18.3. The average Bonchev–Trinajstić information content (AvgIpc) is 2.79. The smallest absolute Gasteiger partial charge is 0.123 e. The molecule has 0 fully saturated rings. The van der Waals surface area contributed by atoms with E-state index in [1.165, 1.54) is 27.9 Å². The first-order valence-electron chi connectivity index (χ1n) is 11.3. The first-order valence-corrected chi connectivity index (χ1v) is 11.3. The van der Waals surface area contributed by atoms with E-state index in [1.54, 1.807) is 12.1 Å². The van der Waals surface area contributed by atoms with E-state index in [2.05, 4.69) is 71.0 Å². The molecule has 3 aromatic carbocycles. The molecule has 0 amide bonds. The van der Waals surface area contributed by atoms with E-state index >= 15 is 0 Å². The summed E-state index contributed by atoms with van der Waals surface area (Å²) in [6, 6.07) is 24.8. The molecule has 31 heavy (non-hydrogen) atoms. The number of nitrogens with zero attached hydrogens (tertiary/aromatic N) is 1. The Hall–Kier alpha value is -2.69. The normalized spacial score (nSPS) is 16.1. The minimum Gasteiger partial charge on any atom is -0.385 e. The van der Waals surface area contributed by atoms with Crippen molar-refractivity contribution in [3.63, 3.8) is 0 Å². The summed E-state index contributed by atoms with van der Waals surface area (Å²) in [6.07, 6.45) is 1.99. The van der Waals surface area contributed by atoms with Gasteiger partial charge >= 0.3 is 0 Å². The molecule has 2 N–H and O–H groups in total. The average molecular weight is 418 g/mol. The fourth-order valence-corrected chi connectivity index (χ4v) is 4.40. The number of hydrogen-bond acceptors (Lipinski definition) is 3. The van der Waals surface area contributed by atoms with Gasteiger partial charge in [0.05, 0.1) is 0 Å². The molecule has 0 aromatic heterocycles. The molecular weight excluding hydrogens is 385 g/mol. The molecule has 0 saturated carbocycles. The van der Waals surface area contributed by atoms with Gasteiger partial charge in [0.15, 0.2) is 0 Å². The predicted molar refractivity (Wildman–Crippen MR) is 127 cm³/mol. The molecule has 0 saturated heterocycles. The molecule has 0 radical (unpaired) electrons. The summed E-state index contributed by atoms with van der Waals surface area (Å²) in [5.41, 5.74) is 6.54. The number of anilines is 1. The molecule has 3 aromatic rings. The Morgan fingerprint density at radius 1 is 0.903 bits per heavy atom. The van der Waals surface area contributed by atoms with Crippen molar-refractivity contribution in [1.82, 2.24) is 10.2 Å². The maximum absolute atomic E-state index is 13.3. The van der Waals surface area contributed by atoms with Gasteiger partial charge in [-0.15, -0.1) is 0 Å². The van der Waals surface area contributed by atoms with Crippen molar-refractivity contribution in [2.75, 3.05) is 25.0 Å². The summed E-state index contributed by atoms with van der Waals surface area (Å²) in [5.74, 6) is -0.169. The highest BCUT2D eigenvalue weighted by atomic mass is 19.1. The van der Waals surface area contributed by atoms with Crippen molar-refractivity contribution in [1.29, 1.82) is 0 Å². The molecule has 162 valence electrons. The van der Waals surface area contributed by atoms with E-state index in [9.17, 15) is 4.39 Å². The van der Waals surface area contributed by atoms with Crippen molar-refractivity contribution in [2.45, 2.75) is 38.9 Å². The van der Waals surface area contributed by atoms with E-state index in [-0.39, 0.29) is 5.82 Å². The second kappa shape index (κ2) is 10.6. The number of halogens is 1. The summed E-state index contributed by atoms with van der Waals surface area (Å²) in [7, 11) is 0. The third kappa shape index (κ3) is 5.93. The minimum absolute atomic E-state index is 0.169. The third-order valence-electron chi connectivity index (χ3n) is 6.09. The van der Waals surface area contributed by atoms with Crippen molar-refractivity contribution < 1.29 is 4.39 Å². The van der Waals surface area contributed by atoms with Gasteiger partial charge in [0, 0.05) is 44.5 Å². The molecule has 1 atom stereocenters. The predicted octanol–water partition coefficient (Wildman–Crippen LogP) is 5.02. The van der Waals surface area contributed by atoms with Crippen LogP contribution in [0.5, 0.6) is 0 Å². The van der Waals surface area contributed by atoms with Crippen LogP contribution >= 0.6 is 0 Å². The zero-order valence-corrected chi connectivity index (χ0v) is 18.3. The quantitative estimate of drug-likeness (QED) is 0.479. The van der Waals surface area contributed by atoms with Gasteiger partial charge in [0.1, 0.15) is 5.82 Å². The van der Waals surface area contributed by atoms with Crippen LogP contribution < -0.4 is 10.6 Å². The zero-order chi connectivity index (χ0) is 21.5. The number of fused-ring (bicyclic) bond motifs is 1. The van der Waals surface area contributed by atoms with E-state index in [0.717, 1.165) is 45.6 Å². The molecule has 0 spiro atoms. The first-order chi connectivity index (χ1) is 15.2. The first kappa shape index (κ1) is 21.5. The largest absolute Gasteiger partial charge is 0.385 e. The number of nitrogens with one attached hydrogen (secondary N) is 2. The summed E-state index contributed by atoms with van der Waals surface area (Å²) in [6.45, 7) is 6.83. The lowest BCUT2D eigenvalue weighted by Crippen LogP contribution is -2.44. The number of rotatable bonds is 9. The molecule has 1 aliphatic heterocycles. The molecule has 3 nitrogen and oxygen atoms in total. The fourth-order valence-electron chi connectivity index (χ4n) is 4.40. The summed E-state index contributed by atoms with van der Waals surface area (Å²) in [4.78, 5) is 2.58. The lowest BCUT2D eigenvalue weighted by molar-refractivity contribution is 0.170. The Morgan fingerprint density at radius 3 is 2.35 bits per heavy atom. The van der Waals surface area contributed by atoms with Crippen molar-refractivity contribution >= 4 is 5.69 Å². The van der Waals surface area contributed by atoms with E-state index in [4.69, 9.17) is 0 Å². The minimum atomic E-state index is -0.169. The molecule has 1 unspecified atom stereocenters. The molecule has 1 aliphatic rings. The highest BCUT2D eigenvalue weighted by Gasteiger charge is 2.25. The maximum atomic E-state index is 13.3. The highest BCUT2D eigenvalue weighted by molar-refractivity contribution is 5.44. The van der Waals surface area contributed by atoms with E-state index < -0.39 is 0 Å². The van der Waals surface area contributed by atoms with Crippen molar-refractivity contribution in [3.8, 4) is 0 Å². The summed E-state index contributed by atoms with van der Waals surface area (Å²) in [5, 5.41) is 6.94. The van der Waals surface area contributed by atoms with Crippen LogP contribution in [0.25, 0.3) is 0 Å². The van der Waals surface area contributed by atoms with Gasteiger partial charge in [-0.2, -0.15) is 0 Å². The van der Waals surface area contributed by atoms with Gasteiger partial charge in [0.2, 0.25) is 0 Å². The molecule has 4 heteroatoms. The van der Waals surface area contributed by atoms with Crippen LogP contribution in [-0.4, -0.2) is 30.6 Å². The Bertz CT molecular complexity index is 953. The van der Waals surface area contributed by atoms with Crippen molar-refractivity contribution in [2.24, 2.45) is 0 Å². The SMILES string of the molecule is CCNc1ccc(CNCCN2Cc3ccccc3CC2Cc2ccc(F)cc2)cc1. The molecule has 4 rings (SSSR count).